The lowest BCUT2D eigenvalue weighted by Crippen LogP contribution is -2.35. The van der Waals surface area contributed by atoms with Gasteiger partial charge in [-0.25, -0.2) is 4.99 Å². The third kappa shape index (κ3) is 5.64. The van der Waals surface area contributed by atoms with E-state index >= 15 is 0 Å². The molecule has 3 rings (SSSR count). The van der Waals surface area contributed by atoms with Crippen LogP contribution in [0, 0.1) is 13.8 Å². The third-order valence-corrected chi connectivity index (χ3v) is 5.38. The fourth-order valence-electron chi connectivity index (χ4n) is 3.28. The number of likely N-dealkylation sites (tertiary alicyclic amines) is 1. The zero-order valence-electron chi connectivity index (χ0n) is 16.8. The molecule has 0 unspecified atom stereocenters. The smallest absolute Gasteiger partial charge is 0.231 e. The highest BCUT2D eigenvalue weighted by Gasteiger charge is 2.14. The largest absolute Gasteiger partial charge is 0.481 e. The van der Waals surface area contributed by atoms with Crippen molar-refractivity contribution in [3.63, 3.8) is 0 Å². The van der Waals surface area contributed by atoms with Crippen molar-refractivity contribution in [2.24, 2.45) is 14.4 Å². The van der Waals surface area contributed by atoms with Gasteiger partial charge in [0.15, 0.2) is 11.9 Å². The second-order valence-corrected chi connectivity index (χ2v) is 7.73. The molecule has 0 bridgehead atoms. The van der Waals surface area contributed by atoms with E-state index in [1.165, 1.54) is 31.2 Å². The van der Waals surface area contributed by atoms with E-state index < -0.39 is 0 Å². The van der Waals surface area contributed by atoms with Crippen molar-refractivity contribution in [1.29, 1.82) is 0 Å². The van der Waals surface area contributed by atoms with Crippen LogP contribution in [0.5, 0.6) is 5.75 Å². The lowest BCUT2D eigenvalue weighted by molar-refractivity contribution is 0.340. The van der Waals surface area contributed by atoms with Gasteiger partial charge in [-0.2, -0.15) is 4.40 Å². The van der Waals surface area contributed by atoms with Gasteiger partial charge in [0.05, 0.1) is 0 Å². The summed E-state index contributed by atoms with van der Waals surface area (Å²) in [5, 5.41) is 6.66. The van der Waals surface area contributed by atoms with Crippen LogP contribution in [0.1, 0.15) is 36.8 Å². The number of nitrogens with zero attached hydrogens (tertiary/aromatic N) is 4. The van der Waals surface area contributed by atoms with Gasteiger partial charge in [-0.3, -0.25) is 4.99 Å². The summed E-state index contributed by atoms with van der Waals surface area (Å²) >= 11 is 1.37. The predicted molar refractivity (Wildman–Crippen MR) is 120 cm³/mol. The number of aryl methyl sites for hydroxylation is 2. The van der Waals surface area contributed by atoms with E-state index in [0.29, 0.717) is 11.9 Å². The Balaban J connectivity index is 1.55. The highest BCUT2D eigenvalue weighted by Crippen LogP contribution is 2.27. The first-order valence-corrected chi connectivity index (χ1v) is 10.8. The van der Waals surface area contributed by atoms with Gasteiger partial charge < -0.3 is 20.3 Å². The zero-order valence-corrected chi connectivity index (χ0v) is 17.6. The molecule has 1 aromatic carbocycles. The number of nitrogens with one attached hydrogen (secondary N) is 2. The van der Waals surface area contributed by atoms with Gasteiger partial charge in [0, 0.05) is 43.8 Å². The Kier molecular flexibility index (Phi) is 7.59. The fraction of sp³-hybridized carbons (Fsp3) is 0.550. The van der Waals surface area contributed by atoms with Crippen LogP contribution in [0.25, 0.3) is 0 Å². The lowest BCUT2D eigenvalue weighted by Gasteiger charge is -2.27. The van der Waals surface area contributed by atoms with Crippen LogP contribution >= 0.6 is 11.9 Å². The number of rotatable bonds is 5. The molecule has 0 radical (unpaired) electrons. The van der Waals surface area contributed by atoms with Crippen molar-refractivity contribution in [3.8, 4) is 5.75 Å². The molecular formula is C20H30N6OS. The van der Waals surface area contributed by atoms with Gasteiger partial charge in [0.25, 0.3) is 0 Å². The van der Waals surface area contributed by atoms with Gasteiger partial charge >= 0.3 is 0 Å². The van der Waals surface area contributed by atoms with E-state index in [-0.39, 0.29) is 0 Å². The first-order chi connectivity index (χ1) is 13.7. The summed E-state index contributed by atoms with van der Waals surface area (Å²) in [6.45, 7) is 11.6. The van der Waals surface area contributed by atoms with Crippen molar-refractivity contribution in [3.05, 3.63) is 23.3 Å². The summed E-state index contributed by atoms with van der Waals surface area (Å²) in [6.07, 6.45) is 4.74. The molecule has 0 spiro atoms. The van der Waals surface area contributed by atoms with Crippen LogP contribution in [0.4, 0.5) is 5.69 Å². The van der Waals surface area contributed by atoms with Crippen molar-refractivity contribution in [2.75, 3.05) is 37.4 Å². The molecule has 2 N–H and O–H groups in total. The molecule has 1 saturated heterocycles. The monoisotopic (exact) mass is 402 g/mol. The summed E-state index contributed by atoms with van der Waals surface area (Å²) in [6, 6.07) is 4.16. The van der Waals surface area contributed by atoms with E-state index in [2.05, 4.69) is 62.6 Å². The number of anilines is 1. The Morgan fingerprint density at radius 1 is 1.25 bits per heavy atom. The van der Waals surface area contributed by atoms with Crippen LogP contribution in [-0.4, -0.2) is 55.7 Å². The van der Waals surface area contributed by atoms with E-state index in [1.54, 1.807) is 0 Å². The molecule has 1 aromatic rings. The maximum atomic E-state index is 5.95. The second kappa shape index (κ2) is 10.4. The number of benzene rings is 1. The lowest BCUT2D eigenvalue weighted by atomic mass is 10.1. The minimum atomic E-state index is 0.439. The summed E-state index contributed by atoms with van der Waals surface area (Å²) in [4.78, 5) is 10.7. The molecule has 8 heteroatoms. The minimum absolute atomic E-state index is 0.439. The Morgan fingerprint density at radius 2 is 2.07 bits per heavy atom. The molecule has 0 aliphatic carbocycles. The standard InChI is InChI=1S/C20H30N6OS/c1-15-13-18(16(2)12-17(15)24-19-22-8-7-9-23-19)27-14-28-25-20(21-3)26-10-5-4-6-11-26/h12-13H,3-11,14H2,1-2H3,(H2,22,23,24)/b25-20+. The predicted octanol–water partition coefficient (Wildman–Crippen LogP) is 3.59. The van der Waals surface area contributed by atoms with E-state index in [0.717, 1.165) is 61.1 Å². The Hall–Kier alpha value is -2.22. The molecule has 0 amide bonds. The molecule has 2 aliphatic heterocycles. The van der Waals surface area contributed by atoms with Gasteiger partial charge in [0.1, 0.15) is 5.75 Å². The molecule has 152 valence electrons. The zero-order chi connectivity index (χ0) is 19.8. The van der Waals surface area contributed by atoms with Crippen LogP contribution in [-0.2, 0) is 0 Å². The molecule has 7 nitrogen and oxygen atoms in total. The first kappa shape index (κ1) is 20.5. The van der Waals surface area contributed by atoms with Crippen LogP contribution in [0.3, 0.4) is 0 Å². The SMILES string of the molecule is C=N/C(=N\SCOc1cc(C)c(NC2=NCCCN2)cc1C)N1CCCCC1. The number of ether oxygens (including phenoxy) is 1. The maximum Gasteiger partial charge on any atom is 0.231 e. The number of hydrogen-bond donors (Lipinski definition) is 2. The Morgan fingerprint density at radius 3 is 2.79 bits per heavy atom. The Bertz CT molecular complexity index is 742. The summed E-state index contributed by atoms with van der Waals surface area (Å²) < 4.78 is 10.4. The van der Waals surface area contributed by atoms with Crippen LogP contribution in [0.15, 0.2) is 26.5 Å². The molecule has 2 heterocycles. The van der Waals surface area contributed by atoms with E-state index in [4.69, 9.17) is 4.74 Å². The van der Waals surface area contributed by atoms with E-state index in [1.807, 2.05) is 0 Å². The Labute approximate surface area is 171 Å². The average Bonchev–Trinajstić information content (AvgIpc) is 2.73. The average molecular weight is 403 g/mol. The highest BCUT2D eigenvalue weighted by atomic mass is 32.2. The molecule has 0 atom stereocenters. The van der Waals surface area contributed by atoms with Crippen molar-refractivity contribution >= 4 is 36.3 Å². The van der Waals surface area contributed by atoms with Crippen LogP contribution < -0.4 is 15.4 Å². The van der Waals surface area contributed by atoms with E-state index in [9.17, 15) is 0 Å². The highest BCUT2D eigenvalue weighted by molar-refractivity contribution is 7.98. The summed E-state index contributed by atoms with van der Waals surface area (Å²) in [7, 11) is 0. The van der Waals surface area contributed by atoms with Gasteiger partial charge in [-0.15, -0.1) is 0 Å². The summed E-state index contributed by atoms with van der Waals surface area (Å²) in [5.74, 6) is 2.86. The molecule has 28 heavy (non-hydrogen) atoms. The van der Waals surface area contributed by atoms with Gasteiger partial charge in [-0.1, -0.05) is 0 Å². The van der Waals surface area contributed by atoms with Crippen molar-refractivity contribution < 1.29 is 4.74 Å². The quantitative estimate of drug-likeness (QED) is 0.259. The number of aliphatic imine (C=N–C) groups is 2. The summed E-state index contributed by atoms with van der Waals surface area (Å²) in [5.41, 5.74) is 3.24. The maximum absolute atomic E-state index is 5.95. The fourth-order valence-corrected chi connectivity index (χ4v) is 3.80. The van der Waals surface area contributed by atoms with Crippen molar-refractivity contribution in [2.45, 2.75) is 39.5 Å². The minimum Gasteiger partial charge on any atom is -0.481 e. The number of guanidine groups is 2. The molecular weight excluding hydrogens is 372 g/mol. The first-order valence-electron chi connectivity index (χ1n) is 9.88. The normalized spacial score (nSPS) is 17.6. The molecule has 0 aromatic heterocycles. The second-order valence-electron chi connectivity index (χ2n) is 7.06. The van der Waals surface area contributed by atoms with Crippen molar-refractivity contribution in [1.82, 2.24) is 10.2 Å². The van der Waals surface area contributed by atoms with Crippen LogP contribution in [0.2, 0.25) is 0 Å². The topological polar surface area (TPSA) is 73.6 Å². The molecule has 0 saturated carbocycles. The number of piperidine rings is 1. The van der Waals surface area contributed by atoms with Gasteiger partial charge in [-0.05, 0) is 69.5 Å². The van der Waals surface area contributed by atoms with Gasteiger partial charge in [0.2, 0.25) is 5.96 Å². The number of hydrogen-bond acceptors (Lipinski definition) is 6. The molecule has 1 fully saturated rings. The molecule has 2 aliphatic rings. The third-order valence-electron chi connectivity index (χ3n) is 4.87.